The standard InChI is InChI=1S/C16H22N2O.ClH/c1-17-8-10-18(11-9-17)12-14-7-6-13-4-2-3-5-15(13)16(14)19;/h2-5,14H,6-12H2,1H3;1H. The fourth-order valence-electron chi connectivity index (χ4n) is 3.18. The Morgan fingerprint density at radius 2 is 1.85 bits per heavy atom. The summed E-state index contributed by atoms with van der Waals surface area (Å²) in [7, 11) is 2.17. The number of likely N-dealkylation sites (N-methyl/N-ethyl adjacent to an activating group) is 1. The predicted octanol–water partition coefficient (Wildman–Crippen LogP) is 2.10. The van der Waals surface area contributed by atoms with Crippen LogP contribution in [0.5, 0.6) is 0 Å². The molecule has 1 fully saturated rings. The molecule has 20 heavy (non-hydrogen) atoms. The molecule has 0 radical (unpaired) electrons. The van der Waals surface area contributed by atoms with Crippen LogP contribution in [0.3, 0.4) is 0 Å². The van der Waals surface area contributed by atoms with Crippen LogP contribution in [-0.4, -0.2) is 55.4 Å². The molecule has 1 saturated heterocycles. The molecule has 0 amide bonds. The summed E-state index contributed by atoms with van der Waals surface area (Å²) in [5, 5.41) is 0. The number of nitrogens with zero attached hydrogens (tertiary/aromatic N) is 2. The summed E-state index contributed by atoms with van der Waals surface area (Å²) in [5.74, 6) is 0.569. The lowest BCUT2D eigenvalue weighted by atomic mass is 9.82. The van der Waals surface area contributed by atoms with E-state index in [-0.39, 0.29) is 18.3 Å². The lowest BCUT2D eigenvalue weighted by Gasteiger charge is -2.35. The highest BCUT2D eigenvalue weighted by atomic mass is 35.5. The summed E-state index contributed by atoms with van der Waals surface area (Å²) >= 11 is 0. The SMILES string of the molecule is CN1CCN(CC2CCc3ccccc3C2=O)CC1.Cl. The van der Waals surface area contributed by atoms with Gasteiger partial charge in [0.2, 0.25) is 0 Å². The summed E-state index contributed by atoms with van der Waals surface area (Å²) in [6.45, 7) is 5.39. The van der Waals surface area contributed by atoms with Gasteiger partial charge in [0.15, 0.2) is 5.78 Å². The number of halogens is 1. The third-order valence-corrected chi connectivity index (χ3v) is 4.49. The van der Waals surface area contributed by atoms with Crippen molar-refractivity contribution >= 4 is 18.2 Å². The van der Waals surface area contributed by atoms with Gasteiger partial charge in [0.25, 0.3) is 0 Å². The minimum Gasteiger partial charge on any atom is -0.304 e. The molecule has 1 aliphatic carbocycles. The molecule has 1 aliphatic heterocycles. The van der Waals surface area contributed by atoms with Crippen LogP contribution in [0, 0.1) is 5.92 Å². The summed E-state index contributed by atoms with van der Waals surface area (Å²) in [6, 6.07) is 8.11. The van der Waals surface area contributed by atoms with E-state index in [4.69, 9.17) is 0 Å². The van der Waals surface area contributed by atoms with Gasteiger partial charge in [-0.15, -0.1) is 12.4 Å². The van der Waals surface area contributed by atoms with Crippen LogP contribution < -0.4 is 0 Å². The van der Waals surface area contributed by atoms with Crippen LogP contribution in [0.1, 0.15) is 22.3 Å². The second-order valence-corrected chi connectivity index (χ2v) is 5.86. The Kier molecular flexibility index (Phi) is 5.19. The molecule has 2 aliphatic rings. The van der Waals surface area contributed by atoms with Crippen LogP contribution in [0.25, 0.3) is 0 Å². The number of hydrogen-bond donors (Lipinski definition) is 0. The Balaban J connectivity index is 0.00000147. The zero-order chi connectivity index (χ0) is 13.2. The molecule has 0 bridgehead atoms. The van der Waals surface area contributed by atoms with Crippen molar-refractivity contribution in [3.05, 3.63) is 35.4 Å². The highest BCUT2D eigenvalue weighted by Gasteiger charge is 2.29. The van der Waals surface area contributed by atoms with Crippen LogP contribution in [0.15, 0.2) is 24.3 Å². The van der Waals surface area contributed by atoms with Gasteiger partial charge in [-0.1, -0.05) is 24.3 Å². The van der Waals surface area contributed by atoms with Gasteiger partial charge in [-0.05, 0) is 25.5 Å². The van der Waals surface area contributed by atoms with Crippen LogP contribution >= 0.6 is 12.4 Å². The molecule has 1 aromatic carbocycles. The van der Waals surface area contributed by atoms with Crippen molar-refractivity contribution in [1.82, 2.24) is 9.80 Å². The third kappa shape index (κ3) is 3.22. The van der Waals surface area contributed by atoms with Crippen LogP contribution in [0.2, 0.25) is 0 Å². The van der Waals surface area contributed by atoms with Crippen molar-refractivity contribution < 1.29 is 4.79 Å². The van der Waals surface area contributed by atoms with Crippen LogP contribution in [-0.2, 0) is 6.42 Å². The smallest absolute Gasteiger partial charge is 0.167 e. The van der Waals surface area contributed by atoms with E-state index in [2.05, 4.69) is 22.9 Å². The molecule has 0 aromatic heterocycles. The molecule has 1 unspecified atom stereocenters. The van der Waals surface area contributed by atoms with E-state index in [1.807, 2.05) is 18.2 Å². The number of benzene rings is 1. The lowest BCUT2D eigenvalue weighted by molar-refractivity contribution is 0.0812. The summed E-state index contributed by atoms with van der Waals surface area (Å²) < 4.78 is 0. The van der Waals surface area contributed by atoms with Gasteiger partial charge in [0.05, 0.1) is 0 Å². The lowest BCUT2D eigenvalue weighted by Crippen LogP contribution is -2.47. The summed E-state index contributed by atoms with van der Waals surface area (Å²) in [6.07, 6.45) is 2.07. The number of ketones is 1. The second kappa shape index (κ2) is 6.70. The van der Waals surface area contributed by atoms with Gasteiger partial charge in [-0.3, -0.25) is 4.79 Å². The molecule has 1 heterocycles. The Labute approximate surface area is 127 Å². The minimum absolute atomic E-state index is 0. The van der Waals surface area contributed by atoms with E-state index in [9.17, 15) is 4.79 Å². The number of fused-ring (bicyclic) bond motifs is 1. The second-order valence-electron chi connectivity index (χ2n) is 5.86. The Morgan fingerprint density at radius 1 is 1.15 bits per heavy atom. The van der Waals surface area contributed by atoms with Crippen LogP contribution in [0.4, 0.5) is 0 Å². The summed E-state index contributed by atoms with van der Waals surface area (Å²) in [5.41, 5.74) is 2.20. The van der Waals surface area contributed by atoms with Gasteiger partial charge >= 0.3 is 0 Å². The number of hydrogen-bond acceptors (Lipinski definition) is 3. The van der Waals surface area contributed by atoms with Gasteiger partial charge < -0.3 is 9.80 Å². The number of Topliss-reactive ketones (excluding diaryl/α,β-unsaturated/α-hetero) is 1. The first-order chi connectivity index (χ1) is 9.24. The zero-order valence-corrected chi connectivity index (χ0v) is 12.9. The first kappa shape index (κ1) is 15.5. The van der Waals surface area contributed by atoms with Crippen molar-refractivity contribution in [2.45, 2.75) is 12.8 Å². The van der Waals surface area contributed by atoms with Gasteiger partial charge in [0, 0.05) is 44.2 Å². The third-order valence-electron chi connectivity index (χ3n) is 4.49. The first-order valence-electron chi connectivity index (χ1n) is 7.27. The maximum atomic E-state index is 12.5. The maximum Gasteiger partial charge on any atom is 0.167 e. The van der Waals surface area contributed by atoms with E-state index in [0.717, 1.165) is 51.1 Å². The van der Waals surface area contributed by atoms with Gasteiger partial charge in [-0.2, -0.15) is 0 Å². The number of aryl methyl sites for hydroxylation is 1. The van der Waals surface area contributed by atoms with E-state index in [1.54, 1.807) is 0 Å². The molecule has 0 saturated carbocycles. The normalized spacial score (nSPS) is 24.1. The Bertz CT molecular complexity index is 469. The molecule has 110 valence electrons. The highest BCUT2D eigenvalue weighted by Crippen LogP contribution is 2.26. The summed E-state index contributed by atoms with van der Waals surface area (Å²) in [4.78, 5) is 17.3. The van der Waals surface area contributed by atoms with Crippen molar-refractivity contribution in [3.8, 4) is 0 Å². The van der Waals surface area contributed by atoms with E-state index < -0.39 is 0 Å². The number of rotatable bonds is 2. The van der Waals surface area contributed by atoms with Crippen molar-refractivity contribution in [3.63, 3.8) is 0 Å². The fourth-order valence-corrected chi connectivity index (χ4v) is 3.18. The van der Waals surface area contributed by atoms with Gasteiger partial charge in [0.1, 0.15) is 0 Å². The van der Waals surface area contributed by atoms with Gasteiger partial charge in [-0.25, -0.2) is 0 Å². The predicted molar refractivity (Wildman–Crippen MR) is 83.8 cm³/mol. The minimum atomic E-state index is 0. The molecular weight excluding hydrogens is 272 g/mol. The molecule has 3 rings (SSSR count). The highest BCUT2D eigenvalue weighted by molar-refractivity contribution is 6.00. The molecule has 1 atom stereocenters. The average molecular weight is 295 g/mol. The topological polar surface area (TPSA) is 23.6 Å². The number of piperazine rings is 1. The van der Waals surface area contributed by atoms with Crippen molar-refractivity contribution in [2.24, 2.45) is 5.92 Å². The first-order valence-corrected chi connectivity index (χ1v) is 7.27. The molecule has 4 heteroatoms. The van der Waals surface area contributed by atoms with Crippen molar-refractivity contribution in [1.29, 1.82) is 0 Å². The fraction of sp³-hybridized carbons (Fsp3) is 0.562. The van der Waals surface area contributed by atoms with E-state index >= 15 is 0 Å². The molecule has 0 spiro atoms. The zero-order valence-electron chi connectivity index (χ0n) is 12.0. The van der Waals surface area contributed by atoms with E-state index in [1.165, 1.54) is 5.56 Å². The Hall–Kier alpha value is -0.900. The van der Waals surface area contributed by atoms with E-state index in [0.29, 0.717) is 5.78 Å². The average Bonchev–Trinajstić information content (AvgIpc) is 2.45. The maximum absolute atomic E-state index is 12.5. The monoisotopic (exact) mass is 294 g/mol. The quantitative estimate of drug-likeness (QED) is 0.835. The number of carbonyl (C=O) groups is 1. The molecule has 0 N–H and O–H groups in total. The molecular formula is C16H23ClN2O. The molecule has 3 nitrogen and oxygen atoms in total. The Morgan fingerprint density at radius 3 is 2.60 bits per heavy atom. The largest absolute Gasteiger partial charge is 0.304 e. The molecule has 1 aromatic rings. The number of carbonyl (C=O) groups excluding carboxylic acids is 1. The van der Waals surface area contributed by atoms with Crippen molar-refractivity contribution in [2.75, 3.05) is 39.8 Å².